The van der Waals surface area contributed by atoms with Gasteiger partial charge in [0.05, 0.1) is 4.88 Å². The molecular formula is C22H23ClN4O4S. The molecule has 1 aromatic heterocycles. The molecule has 2 aromatic carbocycles. The van der Waals surface area contributed by atoms with Crippen molar-refractivity contribution < 1.29 is 20.1 Å². The number of carbonyl (C=O) groups is 1. The molecule has 0 atom stereocenters. The summed E-state index contributed by atoms with van der Waals surface area (Å²) in [4.78, 5) is 17.4. The number of halogens is 1. The number of hydrogen-bond acceptors (Lipinski definition) is 7. The minimum atomic E-state index is -0.634. The van der Waals surface area contributed by atoms with Gasteiger partial charge in [-0.3, -0.25) is 10.2 Å². The second kappa shape index (κ2) is 9.80. The fourth-order valence-corrected chi connectivity index (χ4v) is 4.09. The number of rotatable bonds is 4. The van der Waals surface area contributed by atoms with Crippen molar-refractivity contribution in [3.05, 3.63) is 64.4 Å². The Hall–Kier alpha value is -3.43. The minimum Gasteiger partial charge on any atom is -0.504 e. The van der Waals surface area contributed by atoms with Crippen LogP contribution in [0.3, 0.4) is 0 Å². The summed E-state index contributed by atoms with van der Waals surface area (Å²) in [5.41, 5.74) is 1.99. The van der Waals surface area contributed by atoms with Crippen LogP contribution in [0.5, 0.6) is 17.2 Å². The summed E-state index contributed by atoms with van der Waals surface area (Å²) in [5.74, 6) is -1.63. The van der Waals surface area contributed by atoms with E-state index in [1.807, 2.05) is 41.8 Å². The van der Waals surface area contributed by atoms with Crippen molar-refractivity contribution in [3.63, 3.8) is 0 Å². The molecule has 1 aliphatic heterocycles. The van der Waals surface area contributed by atoms with Gasteiger partial charge in [0.2, 0.25) is 0 Å². The summed E-state index contributed by atoms with van der Waals surface area (Å²) in [7, 11) is 0. The summed E-state index contributed by atoms with van der Waals surface area (Å²) in [6.45, 7) is 2.26. The van der Waals surface area contributed by atoms with Crippen molar-refractivity contribution in [2.45, 2.75) is 0 Å². The zero-order valence-corrected chi connectivity index (χ0v) is 18.6. The highest BCUT2D eigenvalue weighted by Gasteiger charge is 2.24. The van der Waals surface area contributed by atoms with Crippen molar-refractivity contribution in [2.24, 2.45) is 0 Å². The first-order chi connectivity index (χ1) is 14.9. The van der Waals surface area contributed by atoms with E-state index in [1.54, 1.807) is 4.90 Å². The smallest absolute Gasteiger partial charge is 0.254 e. The lowest BCUT2D eigenvalue weighted by Crippen LogP contribution is -2.48. The number of phenols is 3. The number of amides is 1. The average molecular weight is 475 g/mol. The molecule has 8 nitrogen and oxygen atoms in total. The van der Waals surface area contributed by atoms with Crippen molar-refractivity contribution >= 4 is 46.9 Å². The molecule has 4 rings (SSSR count). The standard InChI is InChI=1S/C22H22N4O4S.ClH/c23-21(19-2-1-11-31-19)24-15-3-5-16(6-4-15)25-7-9-26(10-8-25)22(30)14-12-17(27)20(29)18(28)13-14;/h1-6,11-13,27-29H,7-10H2,(H2,23,24);1H. The summed E-state index contributed by atoms with van der Waals surface area (Å²) in [5, 5.41) is 41.9. The van der Waals surface area contributed by atoms with Crippen LogP contribution in [0.2, 0.25) is 0 Å². The zero-order chi connectivity index (χ0) is 22.0. The number of phenolic OH excluding ortho intramolecular Hbond substituents is 3. The number of nitrogens with one attached hydrogen (secondary N) is 2. The van der Waals surface area contributed by atoms with E-state index >= 15 is 0 Å². The Morgan fingerprint density at radius 2 is 1.59 bits per heavy atom. The molecule has 5 N–H and O–H groups in total. The molecule has 32 heavy (non-hydrogen) atoms. The second-order valence-electron chi connectivity index (χ2n) is 7.17. The summed E-state index contributed by atoms with van der Waals surface area (Å²) >= 11 is 1.51. The number of amidine groups is 1. The normalized spacial score (nSPS) is 13.4. The molecule has 0 unspecified atom stereocenters. The maximum atomic E-state index is 12.7. The van der Waals surface area contributed by atoms with Gasteiger partial charge >= 0.3 is 0 Å². The lowest BCUT2D eigenvalue weighted by atomic mass is 10.1. The van der Waals surface area contributed by atoms with E-state index in [0.717, 1.165) is 28.4 Å². The van der Waals surface area contributed by atoms with E-state index in [2.05, 4.69) is 10.2 Å². The molecule has 168 valence electrons. The fourth-order valence-electron chi connectivity index (χ4n) is 3.46. The number of carbonyl (C=O) groups excluding carboxylic acids is 1. The predicted molar refractivity (Wildman–Crippen MR) is 128 cm³/mol. The molecule has 1 saturated heterocycles. The molecule has 0 saturated carbocycles. The van der Waals surface area contributed by atoms with Crippen LogP contribution in [0, 0.1) is 5.41 Å². The molecular weight excluding hydrogens is 452 g/mol. The van der Waals surface area contributed by atoms with Gasteiger partial charge in [-0.2, -0.15) is 0 Å². The Bertz CT molecular complexity index is 1070. The fraction of sp³-hybridized carbons (Fsp3) is 0.182. The van der Waals surface area contributed by atoms with Crippen molar-refractivity contribution in [1.29, 1.82) is 5.41 Å². The van der Waals surface area contributed by atoms with Crippen molar-refractivity contribution in [3.8, 4) is 17.2 Å². The van der Waals surface area contributed by atoms with Crippen LogP contribution in [0.4, 0.5) is 11.4 Å². The highest BCUT2D eigenvalue weighted by Crippen LogP contribution is 2.35. The van der Waals surface area contributed by atoms with Gasteiger partial charge in [0.1, 0.15) is 5.84 Å². The largest absolute Gasteiger partial charge is 0.504 e. The molecule has 3 aromatic rings. The number of hydrogen-bond donors (Lipinski definition) is 5. The number of aromatic hydroxyl groups is 3. The van der Waals surface area contributed by atoms with Gasteiger partial charge < -0.3 is 30.4 Å². The first kappa shape index (κ1) is 23.2. The van der Waals surface area contributed by atoms with E-state index in [1.165, 1.54) is 11.3 Å². The molecule has 0 aliphatic carbocycles. The second-order valence-corrected chi connectivity index (χ2v) is 8.11. The Morgan fingerprint density at radius 1 is 0.969 bits per heavy atom. The van der Waals surface area contributed by atoms with Crippen LogP contribution in [-0.4, -0.2) is 58.1 Å². The van der Waals surface area contributed by atoms with E-state index in [9.17, 15) is 20.1 Å². The van der Waals surface area contributed by atoms with Gasteiger partial charge in [-0.1, -0.05) is 6.07 Å². The number of thiophene rings is 1. The van der Waals surface area contributed by atoms with Crippen LogP contribution in [-0.2, 0) is 0 Å². The number of nitrogens with zero attached hydrogens (tertiary/aromatic N) is 2. The third kappa shape index (κ3) is 4.90. The molecule has 10 heteroatoms. The van der Waals surface area contributed by atoms with Crippen LogP contribution in [0.15, 0.2) is 53.9 Å². The molecule has 0 spiro atoms. The third-order valence-corrected chi connectivity index (χ3v) is 6.04. The maximum absolute atomic E-state index is 12.7. The average Bonchev–Trinajstić information content (AvgIpc) is 3.32. The lowest BCUT2D eigenvalue weighted by Gasteiger charge is -2.36. The molecule has 1 fully saturated rings. The first-order valence-corrected chi connectivity index (χ1v) is 10.6. The van der Waals surface area contributed by atoms with Gasteiger partial charge in [0, 0.05) is 43.1 Å². The Labute approximate surface area is 195 Å². The molecule has 0 bridgehead atoms. The monoisotopic (exact) mass is 474 g/mol. The molecule has 1 amide bonds. The van der Waals surface area contributed by atoms with Crippen LogP contribution in [0.25, 0.3) is 0 Å². The number of piperazine rings is 1. The number of benzene rings is 2. The van der Waals surface area contributed by atoms with Gasteiger partial charge in [0.25, 0.3) is 5.91 Å². The summed E-state index contributed by atoms with van der Waals surface area (Å²) < 4.78 is 0. The Morgan fingerprint density at radius 3 is 2.16 bits per heavy atom. The van der Waals surface area contributed by atoms with E-state index < -0.39 is 17.2 Å². The van der Waals surface area contributed by atoms with Crippen molar-refractivity contribution in [2.75, 3.05) is 36.4 Å². The van der Waals surface area contributed by atoms with E-state index in [4.69, 9.17) is 5.41 Å². The predicted octanol–water partition coefficient (Wildman–Crippen LogP) is 3.69. The SMILES string of the molecule is Cl.N=C(Nc1ccc(N2CCN(C(=O)c3cc(O)c(O)c(O)c3)CC2)cc1)c1cccs1. The maximum Gasteiger partial charge on any atom is 0.254 e. The molecule has 2 heterocycles. The lowest BCUT2D eigenvalue weighted by molar-refractivity contribution is 0.0746. The molecule has 1 aliphatic rings. The quantitative estimate of drug-likeness (QED) is 0.223. The van der Waals surface area contributed by atoms with Gasteiger partial charge in [-0.05, 0) is 47.8 Å². The number of anilines is 2. The van der Waals surface area contributed by atoms with Gasteiger partial charge in [0.15, 0.2) is 17.2 Å². The first-order valence-electron chi connectivity index (χ1n) is 9.71. The highest BCUT2D eigenvalue weighted by molar-refractivity contribution is 7.12. The highest BCUT2D eigenvalue weighted by atomic mass is 35.5. The van der Waals surface area contributed by atoms with Crippen molar-refractivity contribution in [1.82, 2.24) is 4.90 Å². The van der Waals surface area contributed by atoms with Gasteiger partial charge in [-0.25, -0.2) is 0 Å². The van der Waals surface area contributed by atoms with Crippen LogP contribution < -0.4 is 10.2 Å². The van der Waals surface area contributed by atoms with E-state index in [-0.39, 0.29) is 23.9 Å². The topological polar surface area (TPSA) is 120 Å². The molecule has 0 radical (unpaired) electrons. The Balaban J connectivity index is 0.00000289. The summed E-state index contributed by atoms with van der Waals surface area (Å²) in [6, 6.07) is 13.9. The van der Waals surface area contributed by atoms with Gasteiger partial charge in [-0.15, -0.1) is 23.7 Å². The summed E-state index contributed by atoms with van der Waals surface area (Å²) in [6.07, 6.45) is 0. The van der Waals surface area contributed by atoms with Crippen LogP contribution in [0.1, 0.15) is 15.2 Å². The van der Waals surface area contributed by atoms with E-state index in [0.29, 0.717) is 32.0 Å². The van der Waals surface area contributed by atoms with Crippen LogP contribution >= 0.6 is 23.7 Å². The minimum absolute atomic E-state index is 0. The Kier molecular flexibility index (Phi) is 7.12. The third-order valence-electron chi connectivity index (χ3n) is 5.15. The zero-order valence-electron chi connectivity index (χ0n) is 17.0.